The van der Waals surface area contributed by atoms with E-state index in [2.05, 4.69) is 10.3 Å². The first-order valence-corrected chi connectivity index (χ1v) is 5.42. The van der Waals surface area contributed by atoms with Gasteiger partial charge >= 0.3 is 0 Å². The van der Waals surface area contributed by atoms with Gasteiger partial charge in [0, 0.05) is 18.7 Å². The molecule has 0 radical (unpaired) electrons. The number of halogens is 1. The topological polar surface area (TPSA) is 47.3 Å². The summed E-state index contributed by atoms with van der Waals surface area (Å²) in [5.41, 5.74) is 1.55. The normalized spacial score (nSPS) is 11.1. The van der Waals surface area contributed by atoms with Crippen molar-refractivity contribution in [3.8, 4) is 0 Å². The van der Waals surface area contributed by atoms with Crippen LogP contribution in [0.3, 0.4) is 0 Å². The number of oxazole rings is 1. The number of methoxy groups -OCH3 is 1. The smallest absolute Gasteiger partial charge is 0.209 e. The van der Waals surface area contributed by atoms with E-state index < -0.39 is 0 Å². The molecule has 16 heavy (non-hydrogen) atoms. The van der Waals surface area contributed by atoms with E-state index in [1.54, 1.807) is 19.2 Å². The van der Waals surface area contributed by atoms with Crippen LogP contribution in [0.1, 0.15) is 5.89 Å². The second kappa shape index (κ2) is 5.30. The Bertz CT molecular complexity index is 470. The third kappa shape index (κ3) is 2.72. The molecule has 1 aromatic carbocycles. The summed E-state index contributed by atoms with van der Waals surface area (Å²) in [4.78, 5) is 4.32. The zero-order valence-corrected chi connectivity index (χ0v) is 9.75. The van der Waals surface area contributed by atoms with Crippen LogP contribution >= 0.6 is 11.6 Å². The predicted molar refractivity (Wildman–Crippen MR) is 62.6 cm³/mol. The average Bonchev–Trinajstić information content (AvgIpc) is 2.66. The van der Waals surface area contributed by atoms with Gasteiger partial charge in [-0.15, -0.1) is 0 Å². The fourth-order valence-corrected chi connectivity index (χ4v) is 1.56. The van der Waals surface area contributed by atoms with Crippen molar-refractivity contribution >= 4 is 22.7 Å². The number of benzene rings is 1. The highest BCUT2D eigenvalue weighted by Crippen LogP contribution is 2.19. The van der Waals surface area contributed by atoms with E-state index in [1.807, 2.05) is 6.07 Å². The Morgan fingerprint density at radius 2 is 2.38 bits per heavy atom. The highest BCUT2D eigenvalue weighted by Gasteiger charge is 2.05. The molecule has 86 valence electrons. The molecule has 0 bridgehead atoms. The molecule has 0 amide bonds. The minimum absolute atomic E-state index is 0.593. The van der Waals surface area contributed by atoms with E-state index in [1.165, 1.54) is 0 Å². The van der Waals surface area contributed by atoms with Crippen molar-refractivity contribution in [2.45, 2.75) is 6.54 Å². The quantitative estimate of drug-likeness (QED) is 0.814. The van der Waals surface area contributed by atoms with Crippen molar-refractivity contribution in [3.05, 3.63) is 29.1 Å². The third-order valence-corrected chi connectivity index (χ3v) is 2.39. The van der Waals surface area contributed by atoms with Gasteiger partial charge in [-0.05, 0) is 18.2 Å². The molecule has 1 N–H and O–H groups in total. The Labute approximate surface area is 98.6 Å². The standard InChI is InChI=1S/C11H13ClN2O2/c1-15-5-4-13-7-11-14-9-6-8(12)2-3-10(9)16-11/h2-3,6,13H,4-5,7H2,1H3. The van der Waals surface area contributed by atoms with Crippen molar-refractivity contribution in [1.82, 2.24) is 10.3 Å². The summed E-state index contributed by atoms with van der Waals surface area (Å²) in [5.74, 6) is 0.661. The molecule has 0 fully saturated rings. The van der Waals surface area contributed by atoms with Crippen LogP contribution in [-0.2, 0) is 11.3 Å². The van der Waals surface area contributed by atoms with Crippen LogP contribution in [0, 0.1) is 0 Å². The zero-order valence-electron chi connectivity index (χ0n) is 9.00. The number of rotatable bonds is 5. The minimum atomic E-state index is 0.593. The van der Waals surface area contributed by atoms with Gasteiger partial charge in [0.15, 0.2) is 5.58 Å². The second-order valence-electron chi connectivity index (χ2n) is 3.39. The number of aromatic nitrogens is 1. The van der Waals surface area contributed by atoms with Gasteiger partial charge in [-0.2, -0.15) is 0 Å². The van der Waals surface area contributed by atoms with Crippen LogP contribution in [0.5, 0.6) is 0 Å². The molecule has 0 saturated carbocycles. The van der Waals surface area contributed by atoms with Crippen molar-refractivity contribution in [3.63, 3.8) is 0 Å². The van der Waals surface area contributed by atoms with Gasteiger partial charge in [-0.3, -0.25) is 0 Å². The summed E-state index contributed by atoms with van der Waals surface area (Å²) in [7, 11) is 1.67. The Balaban J connectivity index is 2.02. The van der Waals surface area contributed by atoms with Crippen molar-refractivity contribution in [1.29, 1.82) is 0 Å². The summed E-state index contributed by atoms with van der Waals surface area (Å²) >= 11 is 5.86. The summed E-state index contributed by atoms with van der Waals surface area (Å²) in [6.07, 6.45) is 0. The van der Waals surface area contributed by atoms with Crippen LogP contribution in [-0.4, -0.2) is 25.2 Å². The Morgan fingerprint density at radius 1 is 1.50 bits per heavy atom. The highest BCUT2D eigenvalue weighted by atomic mass is 35.5. The molecule has 5 heteroatoms. The minimum Gasteiger partial charge on any atom is -0.439 e. The van der Waals surface area contributed by atoms with Crippen LogP contribution < -0.4 is 5.32 Å². The molecule has 0 saturated heterocycles. The third-order valence-electron chi connectivity index (χ3n) is 2.15. The number of nitrogens with one attached hydrogen (secondary N) is 1. The molecule has 4 nitrogen and oxygen atoms in total. The second-order valence-corrected chi connectivity index (χ2v) is 3.83. The maximum absolute atomic E-state index is 5.86. The van der Waals surface area contributed by atoms with E-state index in [0.29, 0.717) is 24.1 Å². The van der Waals surface area contributed by atoms with Crippen LogP contribution in [0.2, 0.25) is 5.02 Å². The molecular formula is C11H13ClN2O2. The van der Waals surface area contributed by atoms with E-state index in [-0.39, 0.29) is 0 Å². The fraction of sp³-hybridized carbons (Fsp3) is 0.364. The largest absolute Gasteiger partial charge is 0.439 e. The Hall–Kier alpha value is -1.10. The van der Waals surface area contributed by atoms with Crippen molar-refractivity contribution in [2.24, 2.45) is 0 Å². The monoisotopic (exact) mass is 240 g/mol. The van der Waals surface area contributed by atoms with Crippen molar-refractivity contribution < 1.29 is 9.15 Å². The lowest BCUT2D eigenvalue weighted by Crippen LogP contribution is -2.18. The number of fused-ring (bicyclic) bond motifs is 1. The van der Waals surface area contributed by atoms with Gasteiger partial charge in [0.2, 0.25) is 5.89 Å². The van der Waals surface area contributed by atoms with Gasteiger partial charge in [-0.1, -0.05) is 11.6 Å². The van der Waals surface area contributed by atoms with Crippen LogP contribution in [0.4, 0.5) is 0 Å². The summed E-state index contributed by atoms with van der Waals surface area (Å²) in [6.45, 7) is 2.04. The number of ether oxygens (including phenoxy) is 1. The molecule has 0 atom stereocenters. The predicted octanol–water partition coefficient (Wildman–Crippen LogP) is 2.22. The highest BCUT2D eigenvalue weighted by molar-refractivity contribution is 6.31. The molecule has 0 aliphatic carbocycles. The SMILES string of the molecule is COCCNCc1nc2cc(Cl)ccc2o1. The van der Waals surface area contributed by atoms with Crippen LogP contribution in [0.25, 0.3) is 11.1 Å². The van der Waals surface area contributed by atoms with E-state index in [9.17, 15) is 0 Å². The number of hydrogen-bond donors (Lipinski definition) is 1. The molecule has 0 aliphatic rings. The first-order valence-electron chi connectivity index (χ1n) is 5.04. The molecule has 0 spiro atoms. The lowest BCUT2D eigenvalue weighted by Gasteiger charge is -1.99. The molecule has 1 heterocycles. The van der Waals surface area contributed by atoms with Crippen molar-refractivity contribution in [2.75, 3.05) is 20.3 Å². The summed E-state index contributed by atoms with van der Waals surface area (Å²) < 4.78 is 10.5. The Kier molecular flexibility index (Phi) is 3.77. The van der Waals surface area contributed by atoms with Gasteiger partial charge in [0.05, 0.1) is 13.2 Å². The Morgan fingerprint density at radius 3 is 3.19 bits per heavy atom. The van der Waals surface area contributed by atoms with Crippen LogP contribution in [0.15, 0.2) is 22.6 Å². The number of nitrogens with zero attached hydrogens (tertiary/aromatic N) is 1. The lowest BCUT2D eigenvalue weighted by atomic mass is 10.3. The van der Waals surface area contributed by atoms with E-state index >= 15 is 0 Å². The van der Waals surface area contributed by atoms with E-state index in [4.69, 9.17) is 20.8 Å². The summed E-state index contributed by atoms with van der Waals surface area (Å²) in [6, 6.07) is 5.40. The summed E-state index contributed by atoms with van der Waals surface area (Å²) in [5, 5.41) is 3.83. The molecule has 2 rings (SSSR count). The lowest BCUT2D eigenvalue weighted by molar-refractivity contribution is 0.198. The molecular weight excluding hydrogens is 228 g/mol. The van der Waals surface area contributed by atoms with Gasteiger partial charge in [0.25, 0.3) is 0 Å². The van der Waals surface area contributed by atoms with Gasteiger partial charge < -0.3 is 14.5 Å². The average molecular weight is 241 g/mol. The molecule has 2 aromatic rings. The first-order chi connectivity index (χ1) is 7.79. The maximum Gasteiger partial charge on any atom is 0.209 e. The first kappa shape index (κ1) is 11.4. The van der Waals surface area contributed by atoms with E-state index in [0.717, 1.165) is 17.6 Å². The number of hydrogen-bond acceptors (Lipinski definition) is 4. The fourth-order valence-electron chi connectivity index (χ4n) is 1.39. The molecule has 0 unspecified atom stereocenters. The molecule has 0 aliphatic heterocycles. The molecule has 1 aromatic heterocycles. The maximum atomic E-state index is 5.86. The van der Waals surface area contributed by atoms with Gasteiger partial charge in [0.1, 0.15) is 5.52 Å². The van der Waals surface area contributed by atoms with Gasteiger partial charge in [-0.25, -0.2) is 4.98 Å². The zero-order chi connectivity index (χ0) is 11.4.